The number of imidazole rings is 1. The highest BCUT2D eigenvalue weighted by Crippen LogP contribution is 2.34. The zero-order chi connectivity index (χ0) is 37.9. The molecule has 18 nitrogen and oxygen atoms in total. The Bertz CT molecular complexity index is 1550. The van der Waals surface area contributed by atoms with E-state index in [0.29, 0.717) is 43.9 Å². The van der Waals surface area contributed by atoms with Gasteiger partial charge >= 0.3 is 6.03 Å². The van der Waals surface area contributed by atoms with Crippen LogP contribution in [0.4, 0.5) is 10.6 Å². The molecule has 53 heavy (non-hydrogen) atoms. The van der Waals surface area contributed by atoms with Gasteiger partial charge in [-0.05, 0) is 45.1 Å². The molecule has 1 unspecified atom stereocenters. The summed E-state index contributed by atoms with van der Waals surface area (Å²) in [6.45, 7) is 0.106. The van der Waals surface area contributed by atoms with Crippen molar-refractivity contribution in [1.82, 2.24) is 35.1 Å². The van der Waals surface area contributed by atoms with E-state index < -0.39 is 43.1 Å². The highest BCUT2D eigenvalue weighted by atomic mass is 32.2. The number of thioether (sulfide) groups is 1. The van der Waals surface area contributed by atoms with Gasteiger partial charge in [0.25, 0.3) is 0 Å². The molecule has 0 radical (unpaired) electrons. The van der Waals surface area contributed by atoms with Crippen molar-refractivity contribution in [3.63, 3.8) is 0 Å². The number of fused-ring (bicyclic) bond motifs is 2. The van der Waals surface area contributed by atoms with E-state index in [1.807, 2.05) is 11.8 Å². The van der Waals surface area contributed by atoms with Crippen molar-refractivity contribution < 1.29 is 39.2 Å². The van der Waals surface area contributed by atoms with Crippen LogP contribution < -0.4 is 27.4 Å². The van der Waals surface area contributed by atoms with Gasteiger partial charge in [-0.2, -0.15) is 11.8 Å². The molecule has 4 amide bonds. The van der Waals surface area contributed by atoms with Crippen LogP contribution in [0.25, 0.3) is 11.2 Å². The van der Waals surface area contributed by atoms with Gasteiger partial charge in [0.2, 0.25) is 11.8 Å². The van der Waals surface area contributed by atoms with E-state index in [1.54, 1.807) is 0 Å². The molecule has 2 aromatic rings. The van der Waals surface area contributed by atoms with Crippen molar-refractivity contribution >= 4 is 52.4 Å². The molecular weight excluding hydrogens is 709 g/mol. The first-order valence-electron chi connectivity index (χ1n) is 18.7. The Labute approximate surface area is 312 Å². The summed E-state index contributed by atoms with van der Waals surface area (Å²) >= 11 is 1.86. The Morgan fingerprint density at radius 2 is 1.81 bits per heavy atom. The predicted octanol–water partition coefficient (Wildman–Crippen LogP) is -0.0934. The number of aliphatic hydroxyl groups excluding tert-OH is 3. The lowest BCUT2D eigenvalue weighted by molar-refractivity contribution is -0.144. The number of nitrogens with zero attached hydrogens (tertiary/aromatic N) is 5. The van der Waals surface area contributed by atoms with E-state index in [9.17, 15) is 34.5 Å². The van der Waals surface area contributed by atoms with Gasteiger partial charge in [-0.15, -0.1) is 0 Å². The first kappa shape index (κ1) is 40.7. The second-order valence-electron chi connectivity index (χ2n) is 14.0. The second kappa shape index (κ2) is 19.7. The Hall–Kier alpha value is -3.46. The molecule has 294 valence electrons. The standard InChI is InChI=1S/C34H54N10O8S/c35-13-7-1-2-8-14-43(25(47)12-6-3-9-20(36)22(46)10-4-5-11-24-27-21(17-53-24)41-34(51)42-27)26(48)15-37-31-28-32(39-18-38-31)44(19-40-28)33-30(50)29(49)23(16-45)52-33/h18-21,23-24,27,29-30,33,45,49-50H,1-17,35-36H2,(H,37,38,39)(H2,41,42,51)/t20?,21-,23+,24-,27-,29+,30+,33+/m0/s1. The summed E-state index contributed by atoms with van der Waals surface area (Å²) in [5.74, 6) is 0.398. The molecule has 3 fully saturated rings. The van der Waals surface area contributed by atoms with E-state index in [2.05, 4.69) is 30.9 Å². The average molecular weight is 763 g/mol. The van der Waals surface area contributed by atoms with Crippen molar-refractivity contribution in [2.45, 2.75) is 125 Å². The molecule has 3 aliphatic heterocycles. The van der Waals surface area contributed by atoms with Crippen LogP contribution in [0.5, 0.6) is 0 Å². The quantitative estimate of drug-likeness (QED) is 0.0575. The van der Waals surface area contributed by atoms with Crippen LogP contribution in [-0.4, -0.2) is 137 Å². The number of hydrogen-bond donors (Lipinski definition) is 8. The van der Waals surface area contributed by atoms with Crippen molar-refractivity contribution in [1.29, 1.82) is 0 Å². The first-order valence-corrected chi connectivity index (χ1v) is 19.7. The molecule has 5 rings (SSSR count). The number of imide groups is 1. The van der Waals surface area contributed by atoms with E-state index in [0.717, 1.165) is 44.3 Å². The number of Topliss-reactive ketones (excluding diaryl/α,β-unsaturated/α-hetero) is 1. The van der Waals surface area contributed by atoms with Crippen LogP contribution in [0.1, 0.15) is 83.3 Å². The number of anilines is 1. The molecule has 19 heteroatoms. The number of urea groups is 1. The molecule has 8 atom stereocenters. The molecule has 10 N–H and O–H groups in total. The number of ketones is 1. The molecule has 0 saturated carbocycles. The SMILES string of the molecule is NCCCCCCN(C(=O)CCCCC(N)C(=O)CCCC[C@@H]1SC[C@@H]2NC(=O)N[C@@H]21)C(=O)CNc1ncnc2c1ncn2[C@@H]1O[C@H](CO)[C@@H](O)[C@H]1O. The lowest BCUT2D eigenvalue weighted by atomic mass is 9.99. The zero-order valence-electron chi connectivity index (χ0n) is 30.0. The second-order valence-corrected chi connectivity index (χ2v) is 15.2. The fraction of sp³-hybridized carbons (Fsp3) is 0.735. The Kier molecular flexibility index (Phi) is 15.2. The van der Waals surface area contributed by atoms with Gasteiger partial charge in [-0.3, -0.25) is 23.9 Å². The minimum absolute atomic E-state index is 0.00651. The summed E-state index contributed by atoms with van der Waals surface area (Å²) in [6.07, 6.45) is 5.77. The van der Waals surface area contributed by atoms with Crippen molar-refractivity contribution in [3.05, 3.63) is 12.7 Å². The Balaban J connectivity index is 1.07. The zero-order valence-corrected chi connectivity index (χ0v) is 30.8. The summed E-state index contributed by atoms with van der Waals surface area (Å²) in [7, 11) is 0. The van der Waals surface area contributed by atoms with Crippen LogP contribution in [0.15, 0.2) is 12.7 Å². The van der Waals surface area contributed by atoms with Gasteiger partial charge in [0, 0.05) is 30.4 Å². The molecule has 0 aromatic carbocycles. The number of ether oxygens (including phenoxy) is 1. The lowest BCUT2D eigenvalue weighted by Crippen LogP contribution is -2.41. The van der Waals surface area contributed by atoms with E-state index >= 15 is 0 Å². The third-order valence-electron chi connectivity index (χ3n) is 10.2. The molecule has 0 aliphatic carbocycles. The summed E-state index contributed by atoms with van der Waals surface area (Å²) in [4.78, 5) is 65.1. The number of amides is 4. The minimum atomic E-state index is -1.33. The maximum atomic E-state index is 13.4. The smallest absolute Gasteiger partial charge is 0.315 e. The largest absolute Gasteiger partial charge is 0.394 e. The average Bonchev–Trinajstić information content (AvgIpc) is 3.92. The number of aromatic nitrogens is 4. The van der Waals surface area contributed by atoms with Gasteiger partial charge in [0.15, 0.2) is 23.2 Å². The summed E-state index contributed by atoms with van der Waals surface area (Å²) < 4.78 is 7.03. The van der Waals surface area contributed by atoms with E-state index in [4.69, 9.17) is 16.2 Å². The van der Waals surface area contributed by atoms with Gasteiger partial charge in [0.05, 0.1) is 37.6 Å². The van der Waals surface area contributed by atoms with Crippen molar-refractivity contribution in [3.8, 4) is 0 Å². The molecule has 5 heterocycles. The number of hydrogen-bond acceptors (Lipinski definition) is 15. The number of nitrogens with two attached hydrogens (primary N) is 2. The number of unbranched alkanes of at least 4 members (excludes halogenated alkanes) is 5. The number of rotatable bonds is 22. The van der Waals surface area contributed by atoms with Gasteiger partial charge in [-0.25, -0.2) is 19.7 Å². The van der Waals surface area contributed by atoms with Crippen LogP contribution >= 0.6 is 11.8 Å². The fourth-order valence-electron chi connectivity index (χ4n) is 7.10. The van der Waals surface area contributed by atoms with Gasteiger partial charge < -0.3 is 47.5 Å². The molecule has 0 spiro atoms. The number of carbonyl (C=O) groups is 4. The van der Waals surface area contributed by atoms with E-state index in [1.165, 1.54) is 22.1 Å². The summed E-state index contributed by atoms with van der Waals surface area (Å²) in [6, 6.07) is -0.366. The van der Waals surface area contributed by atoms with Crippen molar-refractivity contribution in [2.24, 2.45) is 11.5 Å². The predicted molar refractivity (Wildman–Crippen MR) is 196 cm³/mol. The monoisotopic (exact) mass is 762 g/mol. The normalized spacial score (nSPS) is 25.6. The number of aliphatic hydroxyl groups is 3. The highest BCUT2D eigenvalue weighted by molar-refractivity contribution is 8.00. The third kappa shape index (κ3) is 10.4. The molecular formula is C34H54N10O8S. The van der Waals surface area contributed by atoms with Crippen LogP contribution in [-0.2, 0) is 19.1 Å². The fourth-order valence-corrected chi connectivity index (χ4v) is 8.64. The first-order chi connectivity index (χ1) is 25.6. The number of carbonyl (C=O) groups excluding carboxylic acids is 4. The maximum absolute atomic E-state index is 13.4. The van der Waals surface area contributed by atoms with E-state index in [-0.39, 0.29) is 66.3 Å². The van der Waals surface area contributed by atoms with Crippen molar-refractivity contribution in [2.75, 3.05) is 37.3 Å². The van der Waals surface area contributed by atoms with Crippen LogP contribution in [0.3, 0.4) is 0 Å². The van der Waals surface area contributed by atoms with Gasteiger partial charge in [0.1, 0.15) is 30.4 Å². The molecule has 3 saturated heterocycles. The molecule has 0 bridgehead atoms. The molecule has 3 aliphatic rings. The number of nitrogens with one attached hydrogen (secondary N) is 3. The lowest BCUT2D eigenvalue weighted by Gasteiger charge is -2.22. The summed E-state index contributed by atoms with van der Waals surface area (Å²) in [5, 5.41) is 39.4. The molecule has 2 aromatic heterocycles. The summed E-state index contributed by atoms with van der Waals surface area (Å²) in [5.41, 5.74) is 12.4. The topological polar surface area (TPSA) is 273 Å². The maximum Gasteiger partial charge on any atom is 0.315 e. The van der Waals surface area contributed by atoms with Gasteiger partial charge in [-0.1, -0.05) is 25.7 Å². The van der Waals surface area contributed by atoms with Crippen LogP contribution in [0.2, 0.25) is 0 Å². The van der Waals surface area contributed by atoms with Crippen LogP contribution in [0, 0.1) is 0 Å². The minimum Gasteiger partial charge on any atom is -0.394 e. The Morgan fingerprint density at radius 1 is 1.02 bits per heavy atom. The third-order valence-corrected chi connectivity index (χ3v) is 11.7. The highest BCUT2D eigenvalue weighted by Gasteiger charge is 2.44. The Morgan fingerprint density at radius 3 is 2.58 bits per heavy atom.